The summed E-state index contributed by atoms with van der Waals surface area (Å²) in [6, 6.07) is 21.9. The first-order valence-corrected chi connectivity index (χ1v) is 12.5. The van der Waals surface area contributed by atoms with Crippen molar-refractivity contribution in [1.82, 2.24) is 14.5 Å². The number of para-hydroxylation sites is 1. The van der Waals surface area contributed by atoms with Crippen LogP contribution >= 0.6 is 0 Å². The molecular weight excluding hydrogens is 450 g/mol. The van der Waals surface area contributed by atoms with Crippen molar-refractivity contribution in [2.75, 3.05) is 13.7 Å². The summed E-state index contributed by atoms with van der Waals surface area (Å²) < 4.78 is 7.00. The lowest BCUT2D eigenvalue weighted by Gasteiger charge is -2.31. The summed E-state index contributed by atoms with van der Waals surface area (Å²) in [5, 5.41) is 0.547. The zero-order valence-electron chi connectivity index (χ0n) is 21.4. The molecule has 0 saturated heterocycles. The van der Waals surface area contributed by atoms with Crippen LogP contribution in [0.15, 0.2) is 77.6 Å². The first kappa shape index (κ1) is 25.2. The Kier molecular flexibility index (Phi) is 7.84. The maximum absolute atomic E-state index is 13.8. The molecule has 1 unspecified atom stereocenters. The fourth-order valence-corrected chi connectivity index (χ4v) is 4.44. The molecule has 0 saturated carbocycles. The van der Waals surface area contributed by atoms with Gasteiger partial charge in [-0.1, -0.05) is 55.7 Å². The van der Waals surface area contributed by atoms with Crippen molar-refractivity contribution < 1.29 is 9.53 Å². The van der Waals surface area contributed by atoms with E-state index in [2.05, 4.69) is 6.92 Å². The van der Waals surface area contributed by atoms with Gasteiger partial charge in [-0.15, -0.1) is 0 Å². The van der Waals surface area contributed by atoms with Crippen LogP contribution in [0, 0.1) is 6.92 Å². The number of rotatable bonds is 9. The highest BCUT2D eigenvalue weighted by Gasteiger charge is 2.27. The molecular formula is C30H33N3O3. The van der Waals surface area contributed by atoms with Gasteiger partial charge in [0.05, 0.1) is 29.7 Å². The zero-order chi connectivity index (χ0) is 25.7. The van der Waals surface area contributed by atoms with E-state index in [-0.39, 0.29) is 11.5 Å². The van der Waals surface area contributed by atoms with Gasteiger partial charge in [-0.2, -0.15) is 0 Å². The Morgan fingerprint density at radius 1 is 1.03 bits per heavy atom. The van der Waals surface area contributed by atoms with Gasteiger partial charge in [0.15, 0.2) is 0 Å². The van der Waals surface area contributed by atoms with E-state index in [1.54, 1.807) is 29.9 Å². The monoisotopic (exact) mass is 483 g/mol. The SMILES string of the molecule is CCCCCN(C(=O)c1cccc(OC)c1)C(C)c1nc2ccccc2c(=O)n1-c1ccc(C)cc1. The first-order valence-electron chi connectivity index (χ1n) is 12.5. The summed E-state index contributed by atoms with van der Waals surface area (Å²) in [5.41, 5.74) is 2.85. The molecule has 1 heterocycles. The predicted molar refractivity (Wildman–Crippen MR) is 144 cm³/mol. The molecule has 0 spiro atoms. The van der Waals surface area contributed by atoms with Gasteiger partial charge in [-0.05, 0) is 62.7 Å². The van der Waals surface area contributed by atoms with Gasteiger partial charge in [0.2, 0.25) is 0 Å². The number of unbranched alkanes of at least 4 members (excludes halogenated alkanes) is 2. The molecule has 0 N–H and O–H groups in total. The number of carbonyl (C=O) groups is 1. The Morgan fingerprint density at radius 2 is 1.78 bits per heavy atom. The van der Waals surface area contributed by atoms with Gasteiger partial charge < -0.3 is 9.64 Å². The summed E-state index contributed by atoms with van der Waals surface area (Å²) in [5.74, 6) is 1.05. The molecule has 4 rings (SSSR count). The molecule has 0 aliphatic rings. The molecule has 1 atom stereocenters. The standard InChI is InChI=1S/C30H33N3O3/c1-5-6-9-19-32(29(34)23-11-10-12-25(20-23)36-4)22(3)28-31-27-14-8-7-13-26(27)30(35)33(28)24-17-15-21(2)16-18-24/h7-8,10-18,20,22H,5-6,9,19H2,1-4H3. The third-order valence-electron chi connectivity index (χ3n) is 6.52. The molecule has 0 aliphatic carbocycles. The molecule has 6 heteroatoms. The highest BCUT2D eigenvalue weighted by Crippen LogP contribution is 2.26. The highest BCUT2D eigenvalue weighted by molar-refractivity contribution is 5.95. The topological polar surface area (TPSA) is 64.4 Å². The Hall–Kier alpha value is -3.93. The van der Waals surface area contributed by atoms with E-state index in [1.165, 1.54) is 0 Å². The van der Waals surface area contributed by atoms with E-state index in [0.717, 1.165) is 30.5 Å². The van der Waals surface area contributed by atoms with Crippen molar-refractivity contribution in [2.24, 2.45) is 0 Å². The van der Waals surface area contributed by atoms with Crippen molar-refractivity contribution >= 4 is 16.8 Å². The van der Waals surface area contributed by atoms with E-state index in [4.69, 9.17) is 9.72 Å². The van der Waals surface area contributed by atoms with Crippen LogP contribution in [0.1, 0.15) is 60.9 Å². The molecule has 0 radical (unpaired) electrons. The normalized spacial score (nSPS) is 11.9. The van der Waals surface area contributed by atoms with Crippen molar-refractivity contribution in [3.05, 3.63) is 100 Å². The molecule has 0 bridgehead atoms. The predicted octanol–water partition coefficient (Wildman–Crippen LogP) is 6.10. The number of aromatic nitrogens is 2. The van der Waals surface area contributed by atoms with E-state index in [1.807, 2.05) is 73.3 Å². The second kappa shape index (κ2) is 11.2. The Labute approximate surface area is 212 Å². The zero-order valence-corrected chi connectivity index (χ0v) is 21.4. The van der Waals surface area contributed by atoms with Crippen LogP contribution in [0.3, 0.4) is 0 Å². The third kappa shape index (κ3) is 5.18. The van der Waals surface area contributed by atoms with E-state index >= 15 is 0 Å². The lowest BCUT2D eigenvalue weighted by atomic mass is 10.1. The second-order valence-electron chi connectivity index (χ2n) is 9.08. The number of amides is 1. The van der Waals surface area contributed by atoms with Gasteiger partial charge in [0, 0.05) is 12.1 Å². The number of methoxy groups -OCH3 is 1. The molecule has 1 amide bonds. The molecule has 4 aromatic rings. The number of hydrogen-bond donors (Lipinski definition) is 0. The highest BCUT2D eigenvalue weighted by atomic mass is 16.5. The third-order valence-corrected chi connectivity index (χ3v) is 6.52. The lowest BCUT2D eigenvalue weighted by Crippen LogP contribution is -2.38. The van der Waals surface area contributed by atoms with E-state index < -0.39 is 6.04 Å². The fourth-order valence-electron chi connectivity index (χ4n) is 4.44. The fraction of sp³-hybridized carbons (Fsp3) is 0.300. The maximum atomic E-state index is 13.8. The van der Waals surface area contributed by atoms with Crippen molar-refractivity contribution in [3.8, 4) is 11.4 Å². The van der Waals surface area contributed by atoms with E-state index in [9.17, 15) is 9.59 Å². The molecule has 186 valence electrons. The average Bonchev–Trinajstić information content (AvgIpc) is 2.91. The minimum absolute atomic E-state index is 0.115. The van der Waals surface area contributed by atoms with Gasteiger partial charge in [0.1, 0.15) is 11.6 Å². The number of nitrogens with zero attached hydrogens (tertiary/aromatic N) is 3. The number of ether oxygens (including phenoxy) is 1. The number of carbonyl (C=O) groups excluding carboxylic acids is 1. The lowest BCUT2D eigenvalue weighted by molar-refractivity contribution is 0.0677. The Bertz CT molecular complexity index is 1410. The minimum Gasteiger partial charge on any atom is -0.497 e. The molecule has 0 aliphatic heterocycles. The second-order valence-corrected chi connectivity index (χ2v) is 9.08. The van der Waals surface area contributed by atoms with Crippen LogP contribution in [0.25, 0.3) is 16.6 Å². The van der Waals surface area contributed by atoms with Crippen molar-refractivity contribution in [3.63, 3.8) is 0 Å². The van der Waals surface area contributed by atoms with Gasteiger partial charge in [-0.25, -0.2) is 4.98 Å². The first-order chi connectivity index (χ1) is 17.4. The van der Waals surface area contributed by atoms with Crippen LogP contribution in [-0.4, -0.2) is 34.0 Å². The molecule has 3 aromatic carbocycles. The Morgan fingerprint density at radius 3 is 2.50 bits per heavy atom. The molecule has 6 nitrogen and oxygen atoms in total. The summed E-state index contributed by atoms with van der Waals surface area (Å²) in [7, 11) is 1.59. The minimum atomic E-state index is -0.445. The van der Waals surface area contributed by atoms with Crippen LogP contribution in [-0.2, 0) is 0 Å². The summed E-state index contributed by atoms with van der Waals surface area (Å²) in [4.78, 5) is 34.3. The van der Waals surface area contributed by atoms with E-state index in [0.29, 0.717) is 34.6 Å². The summed E-state index contributed by atoms with van der Waals surface area (Å²) in [6.45, 7) is 6.65. The summed E-state index contributed by atoms with van der Waals surface area (Å²) >= 11 is 0. The van der Waals surface area contributed by atoms with Crippen molar-refractivity contribution in [2.45, 2.75) is 46.1 Å². The van der Waals surface area contributed by atoms with Gasteiger partial charge in [-0.3, -0.25) is 14.2 Å². The number of benzene rings is 3. The van der Waals surface area contributed by atoms with Crippen LogP contribution in [0.4, 0.5) is 0 Å². The molecule has 0 fully saturated rings. The average molecular weight is 484 g/mol. The quantitative estimate of drug-likeness (QED) is 0.270. The van der Waals surface area contributed by atoms with Gasteiger partial charge in [0.25, 0.3) is 11.5 Å². The number of fused-ring (bicyclic) bond motifs is 1. The van der Waals surface area contributed by atoms with Crippen LogP contribution in [0.2, 0.25) is 0 Å². The largest absolute Gasteiger partial charge is 0.497 e. The van der Waals surface area contributed by atoms with Crippen LogP contribution < -0.4 is 10.3 Å². The number of aryl methyl sites for hydroxylation is 1. The number of hydrogen-bond acceptors (Lipinski definition) is 4. The van der Waals surface area contributed by atoms with Crippen LogP contribution in [0.5, 0.6) is 5.75 Å². The Balaban J connectivity index is 1.87. The van der Waals surface area contributed by atoms with Gasteiger partial charge >= 0.3 is 0 Å². The van der Waals surface area contributed by atoms with Crippen molar-refractivity contribution in [1.29, 1.82) is 0 Å². The maximum Gasteiger partial charge on any atom is 0.266 e. The summed E-state index contributed by atoms with van der Waals surface area (Å²) in [6.07, 6.45) is 2.90. The molecule has 1 aromatic heterocycles. The smallest absolute Gasteiger partial charge is 0.266 e. The molecule has 36 heavy (non-hydrogen) atoms.